The standard InChI is InChI=1S/C16H18N2O4/c17-9-14(19)10-4-3-5-11(8-10)18-15(20)12-6-1-2-7-13(12)16(21)22/h1-5,8,12-13H,6-7,9,17H2,(H,18,20)(H,21,22). The molecule has 0 heterocycles. The first-order valence-corrected chi connectivity index (χ1v) is 7.05. The number of hydrogen-bond acceptors (Lipinski definition) is 4. The van der Waals surface area contributed by atoms with Crippen molar-refractivity contribution in [2.24, 2.45) is 17.6 Å². The number of carbonyl (C=O) groups excluding carboxylic acids is 2. The molecular weight excluding hydrogens is 284 g/mol. The maximum absolute atomic E-state index is 12.3. The van der Waals surface area contributed by atoms with Crippen molar-refractivity contribution in [1.29, 1.82) is 0 Å². The Kier molecular flexibility index (Phi) is 5.06. The SMILES string of the molecule is NCC(=O)c1cccc(NC(=O)C2CC=CCC2C(=O)O)c1. The number of rotatable bonds is 5. The summed E-state index contributed by atoms with van der Waals surface area (Å²) in [5, 5.41) is 11.9. The molecule has 1 aliphatic rings. The van der Waals surface area contributed by atoms with Crippen molar-refractivity contribution in [2.45, 2.75) is 12.8 Å². The molecule has 0 aliphatic heterocycles. The quantitative estimate of drug-likeness (QED) is 0.563. The Labute approximate surface area is 128 Å². The number of hydrogen-bond donors (Lipinski definition) is 3. The molecule has 1 aliphatic carbocycles. The fourth-order valence-corrected chi connectivity index (χ4v) is 2.50. The van der Waals surface area contributed by atoms with Crippen LogP contribution in [-0.4, -0.2) is 29.3 Å². The number of aliphatic carboxylic acids is 1. The zero-order valence-electron chi connectivity index (χ0n) is 12.0. The van der Waals surface area contributed by atoms with Gasteiger partial charge in [-0.3, -0.25) is 14.4 Å². The second-order valence-corrected chi connectivity index (χ2v) is 5.19. The lowest BCUT2D eigenvalue weighted by Crippen LogP contribution is -2.34. The number of ketones is 1. The third kappa shape index (κ3) is 3.59. The van der Waals surface area contributed by atoms with E-state index in [-0.39, 0.29) is 18.2 Å². The number of carboxylic acid groups (broad SMARTS) is 1. The smallest absolute Gasteiger partial charge is 0.307 e. The molecule has 0 saturated heterocycles. The molecule has 0 fully saturated rings. The van der Waals surface area contributed by atoms with E-state index in [4.69, 9.17) is 5.73 Å². The van der Waals surface area contributed by atoms with Crippen molar-refractivity contribution >= 4 is 23.3 Å². The summed E-state index contributed by atoms with van der Waals surface area (Å²) < 4.78 is 0. The minimum absolute atomic E-state index is 0.105. The molecule has 2 atom stereocenters. The third-order valence-electron chi connectivity index (χ3n) is 3.72. The van der Waals surface area contributed by atoms with Crippen LogP contribution in [0.5, 0.6) is 0 Å². The molecule has 2 unspecified atom stereocenters. The lowest BCUT2D eigenvalue weighted by molar-refractivity contribution is -0.146. The number of anilines is 1. The number of nitrogens with two attached hydrogens (primary N) is 1. The van der Waals surface area contributed by atoms with Gasteiger partial charge in [-0.25, -0.2) is 0 Å². The number of carbonyl (C=O) groups is 3. The predicted octanol–water partition coefficient (Wildman–Crippen LogP) is 1.43. The Morgan fingerprint density at radius 2 is 1.86 bits per heavy atom. The van der Waals surface area contributed by atoms with Crippen LogP contribution in [0, 0.1) is 11.8 Å². The number of Topliss-reactive ketones (excluding diaryl/α,β-unsaturated/α-hetero) is 1. The summed E-state index contributed by atoms with van der Waals surface area (Å²) in [6.07, 6.45) is 4.34. The zero-order chi connectivity index (χ0) is 16.1. The van der Waals surface area contributed by atoms with E-state index in [9.17, 15) is 19.5 Å². The van der Waals surface area contributed by atoms with Crippen LogP contribution in [0.1, 0.15) is 23.2 Å². The van der Waals surface area contributed by atoms with Gasteiger partial charge in [0.15, 0.2) is 5.78 Å². The average Bonchev–Trinajstić information content (AvgIpc) is 2.54. The molecule has 0 radical (unpaired) electrons. The Morgan fingerprint density at radius 1 is 1.18 bits per heavy atom. The summed E-state index contributed by atoms with van der Waals surface area (Å²) in [5.74, 6) is -2.89. The van der Waals surface area contributed by atoms with Crippen LogP contribution in [0.3, 0.4) is 0 Å². The normalized spacial score (nSPS) is 20.4. The fourth-order valence-electron chi connectivity index (χ4n) is 2.50. The zero-order valence-corrected chi connectivity index (χ0v) is 12.0. The van der Waals surface area contributed by atoms with Gasteiger partial charge in [0, 0.05) is 11.3 Å². The first kappa shape index (κ1) is 15.9. The second kappa shape index (κ2) is 7.00. The van der Waals surface area contributed by atoms with Gasteiger partial charge >= 0.3 is 5.97 Å². The third-order valence-corrected chi connectivity index (χ3v) is 3.72. The van der Waals surface area contributed by atoms with Gasteiger partial charge in [-0.05, 0) is 25.0 Å². The highest BCUT2D eigenvalue weighted by Crippen LogP contribution is 2.27. The second-order valence-electron chi connectivity index (χ2n) is 5.19. The number of carboxylic acids is 1. The molecular formula is C16H18N2O4. The molecule has 22 heavy (non-hydrogen) atoms. The lowest BCUT2D eigenvalue weighted by Gasteiger charge is -2.24. The Bertz CT molecular complexity index is 624. The van der Waals surface area contributed by atoms with Gasteiger partial charge in [0.2, 0.25) is 5.91 Å². The van der Waals surface area contributed by atoms with Crippen molar-refractivity contribution in [3.63, 3.8) is 0 Å². The Hall–Kier alpha value is -2.47. The van der Waals surface area contributed by atoms with Gasteiger partial charge in [-0.2, -0.15) is 0 Å². The highest BCUT2D eigenvalue weighted by Gasteiger charge is 2.33. The van der Waals surface area contributed by atoms with Crippen molar-refractivity contribution in [2.75, 3.05) is 11.9 Å². The topological polar surface area (TPSA) is 109 Å². The number of benzene rings is 1. The van der Waals surface area contributed by atoms with Crippen LogP contribution in [0.25, 0.3) is 0 Å². The van der Waals surface area contributed by atoms with E-state index in [0.717, 1.165) is 0 Å². The molecule has 1 aromatic rings. The summed E-state index contributed by atoms with van der Waals surface area (Å²) in [7, 11) is 0. The average molecular weight is 302 g/mol. The minimum Gasteiger partial charge on any atom is -0.481 e. The van der Waals surface area contributed by atoms with Crippen LogP contribution in [0.2, 0.25) is 0 Å². The van der Waals surface area contributed by atoms with E-state index in [1.165, 1.54) is 0 Å². The summed E-state index contributed by atoms with van der Waals surface area (Å²) in [5.41, 5.74) is 6.19. The maximum Gasteiger partial charge on any atom is 0.307 e. The molecule has 2 rings (SSSR count). The van der Waals surface area contributed by atoms with E-state index in [1.54, 1.807) is 30.3 Å². The molecule has 0 saturated carbocycles. The van der Waals surface area contributed by atoms with E-state index in [0.29, 0.717) is 24.1 Å². The largest absolute Gasteiger partial charge is 0.481 e. The van der Waals surface area contributed by atoms with Gasteiger partial charge in [-0.15, -0.1) is 0 Å². The molecule has 0 aromatic heterocycles. The number of allylic oxidation sites excluding steroid dienone is 2. The molecule has 1 aromatic carbocycles. The van der Waals surface area contributed by atoms with Crippen LogP contribution >= 0.6 is 0 Å². The first-order chi connectivity index (χ1) is 10.5. The Balaban J connectivity index is 2.13. The van der Waals surface area contributed by atoms with Crippen molar-refractivity contribution in [3.05, 3.63) is 42.0 Å². The van der Waals surface area contributed by atoms with Gasteiger partial charge in [0.1, 0.15) is 0 Å². The molecule has 4 N–H and O–H groups in total. The van der Waals surface area contributed by atoms with E-state index >= 15 is 0 Å². The summed E-state index contributed by atoms with van der Waals surface area (Å²) >= 11 is 0. The fraction of sp³-hybridized carbons (Fsp3) is 0.312. The van der Waals surface area contributed by atoms with Gasteiger partial charge in [0.05, 0.1) is 18.4 Å². The molecule has 6 heteroatoms. The van der Waals surface area contributed by atoms with Crippen molar-refractivity contribution in [3.8, 4) is 0 Å². The van der Waals surface area contributed by atoms with Crippen LogP contribution in [-0.2, 0) is 9.59 Å². The van der Waals surface area contributed by atoms with Crippen LogP contribution < -0.4 is 11.1 Å². The molecule has 0 bridgehead atoms. The molecule has 116 valence electrons. The summed E-state index contributed by atoms with van der Waals surface area (Å²) in [6.45, 7) is -0.105. The predicted molar refractivity (Wildman–Crippen MR) is 81.4 cm³/mol. The van der Waals surface area contributed by atoms with E-state index in [2.05, 4.69) is 5.32 Å². The Morgan fingerprint density at radius 3 is 2.50 bits per heavy atom. The summed E-state index contributed by atoms with van der Waals surface area (Å²) in [4.78, 5) is 35.1. The highest BCUT2D eigenvalue weighted by molar-refractivity contribution is 6.00. The first-order valence-electron chi connectivity index (χ1n) is 7.05. The number of amides is 1. The molecule has 1 amide bonds. The monoisotopic (exact) mass is 302 g/mol. The minimum atomic E-state index is -0.975. The molecule has 6 nitrogen and oxygen atoms in total. The van der Waals surface area contributed by atoms with Gasteiger partial charge < -0.3 is 16.2 Å². The van der Waals surface area contributed by atoms with Gasteiger partial charge in [-0.1, -0.05) is 24.3 Å². The van der Waals surface area contributed by atoms with Gasteiger partial charge in [0.25, 0.3) is 0 Å². The van der Waals surface area contributed by atoms with Crippen molar-refractivity contribution < 1.29 is 19.5 Å². The summed E-state index contributed by atoms with van der Waals surface area (Å²) in [6, 6.07) is 6.46. The highest BCUT2D eigenvalue weighted by atomic mass is 16.4. The number of nitrogens with one attached hydrogen (secondary N) is 1. The lowest BCUT2D eigenvalue weighted by atomic mass is 9.82. The molecule has 0 spiro atoms. The van der Waals surface area contributed by atoms with Crippen LogP contribution in [0.4, 0.5) is 5.69 Å². The maximum atomic E-state index is 12.3. The van der Waals surface area contributed by atoms with Crippen LogP contribution in [0.15, 0.2) is 36.4 Å². The van der Waals surface area contributed by atoms with E-state index in [1.807, 2.05) is 6.08 Å². The van der Waals surface area contributed by atoms with E-state index < -0.39 is 17.8 Å². The van der Waals surface area contributed by atoms with Crippen molar-refractivity contribution in [1.82, 2.24) is 0 Å².